The van der Waals surface area contributed by atoms with Gasteiger partial charge >= 0.3 is 5.69 Å². The van der Waals surface area contributed by atoms with Crippen molar-refractivity contribution in [1.29, 1.82) is 0 Å². The summed E-state index contributed by atoms with van der Waals surface area (Å²) < 4.78 is 25.8. The molecule has 1 aliphatic heterocycles. The zero-order valence-electron chi connectivity index (χ0n) is 18.7. The SMILES string of the molecule is CN(c1ccc(Oc2ccc(CC3COCC(=O)N3C)cc2)c(F)c1)c1ncccc1[N+](=O)[O-]. The third-order valence-corrected chi connectivity index (χ3v) is 5.68. The topological polar surface area (TPSA) is 98.0 Å². The molecule has 1 aromatic heterocycles. The Hall–Kier alpha value is -4.05. The van der Waals surface area contributed by atoms with Gasteiger partial charge in [-0.25, -0.2) is 9.37 Å². The highest BCUT2D eigenvalue weighted by Crippen LogP contribution is 2.33. The summed E-state index contributed by atoms with van der Waals surface area (Å²) in [5.74, 6) is -0.0864. The van der Waals surface area contributed by atoms with Gasteiger partial charge in [0.1, 0.15) is 12.4 Å². The molecule has 2 aromatic carbocycles. The number of hydrogen-bond acceptors (Lipinski definition) is 7. The lowest BCUT2D eigenvalue weighted by atomic mass is 10.0. The van der Waals surface area contributed by atoms with Gasteiger partial charge in [0.05, 0.1) is 17.6 Å². The van der Waals surface area contributed by atoms with E-state index in [1.165, 1.54) is 35.4 Å². The first-order chi connectivity index (χ1) is 16.3. The molecule has 1 saturated heterocycles. The quantitative estimate of drug-likeness (QED) is 0.382. The number of hydrogen-bond donors (Lipinski definition) is 0. The third-order valence-electron chi connectivity index (χ3n) is 5.68. The standard InChI is InChI=1S/C24H23FN4O5/c1-27-18(14-33-15-23(27)30)12-16-5-8-19(9-6-16)34-22-10-7-17(13-20(22)25)28(2)24-21(29(31)32)4-3-11-26-24/h3-11,13,18H,12,14-15H2,1-2H3. The largest absolute Gasteiger partial charge is 0.454 e. The van der Waals surface area contributed by atoms with Crippen LogP contribution in [0.4, 0.5) is 21.6 Å². The molecule has 0 radical (unpaired) electrons. The van der Waals surface area contributed by atoms with Crippen molar-refractivity contribution in [2.45, 2.75) is 12.5 Å². The van der Waals surface area contributed by atoms with Crippen molar-refractivity contribution >= 4 is 23.1 Å². The number of ether oxygens (including phenoxy) is 2. The molecule has 2 heterocycles. The number of anilines is 2. The predicted octanol–water partition coefficient (Wildman–Crippen LogP) is 4.09. The lowest BCUT2D eigenvalue weighted by Crippen LogP contribution is -2.47. The summed E-state index contributed by atoms with van der Waals surface area (Å²) >= 11 is 0. The molecule has 1 aliphatic rings. The van der Waals surface area contributed by atoms with Crippen LogP contribution in [0.5, 0.6) is 11.5 Å². The Labute approximate surface area is 195 Å². The number of rotatable bonds is 7. The Morgan fingerprint density at radius 3 is 2.74 bits per heavy atom. The van der Waals surface area contributed by atoms with Gasteiger partial charge in [0.2, 0.25) is 11.7 Å². The molecule has 0 spiro atoms. The molecule has 4 rings (SSSR count). The van der Waals surface area contributed by atoms with E-state index in [4.69, 9.17) is 9.47 Å². The first-order valence-corrected chi connectivity index (χ1v) is 10.6. The van der Waals surface area contributed by atoms with E-state index in [0.717, 1.165) is 5.56 Å². The molecule has 0 aliphatic carbocycles. The van der Waals surface area contributed by atoms with Gasteiger partial charge in [-0.2, -0.15) is 0 Å². The van der Waals surface area contributed by atoms with Crippen LogP contribution in [0.2, 0.25) is 0 Å². The van der Waals surface area contributed by atoms with Gasteiger partial charge in [0.15, 0.2) is 11.6 Å². The maximum Gasteiger partial charge on any atom is 0.311 e. The fourth-order valence-electron chi connectivity index (χ4n) is 3.68. The van der Waals surface area contributed by atoms with Gasteiger partial charge < -0.3 is 19.3 Å². The molecule has 34 heavy (non-hydrogen) atoms. The van der Waals surface area contributed by atoms with E-state index in [0.29, 0.717) is 24.5 Å². The molecular weight excluding hydrogens is 443 g/mol. The maximum atomic E-state index is 14.8. The van der Waals surface area contributed by atoms with Crippen LogP contribution in [0.25, 0.3) is 0 Å². The summed E-state index contributed by atoms with van der Waals surface area (Å²) in [4.78, 5) is 29.7. The van der Waals surface area contributed by atoms with Crippen LogP contribution in [0, 0.1) is 15.9 Å². The van der Waals surface area contributed by atoms with Crippen molar-refractivity contribution in [3.8, 4) is 11.5 Å². The predicted molar refractivity (Wildman–Crippen MR) is 123 cm³/mol. The minimum Gasteiger partial charge on any atom is -0.454 e. The van der Waals surface area contributed by atoms with Crippen LogP contribution >= 0.6 is 0 Å². The van der Waals surface area contributed by atoms with Gasteiger partial charge in [0, 0.05) is 38.1 Å². The van der Waals surface area contributed by atoms with Gasteiger partial charge in [-0.15, -0.1) is 0 Å². The molecule has 3 aromatic rings. The smallest absolute Gasteiger partial charge is 0.311 e. The van der Waals surface area contributed by atoms with Crippen LogP contribution in [0.1, 0.15) is 5.56 Å². The van der Waals surface area contributed by atoms with Crippen LogP contribution in [0.3, 0.4) is 0 Å². The van der Waals surface area contributed by atoms with Crippen molar-refractivity contribution in [3.05, 3.63) is 82.3 Å². The van der Waals surface area contributed by atoms with Crippen LogP contribution in [-0.4, -0.2) is 54.1 Å². The number of aromatic nitrogens is 1. The summed E-state index contributed by atoms with van der Waals surface area (Å²) in [5.41, 5.74) is 1.20. The molecule has 0 bridgehead atoms. The number of morpholine rings is 1. The second-order valence-electron chi connectivity index (χ2n) is 7.90. The van der Waals surface area contributed by atoms with E-state index in [1.807, 2.05) is 12.1 Å². The van der Waals surface area contributed by atoms with Crippen molar-refractivity contribution in [2.24, 2.45) is 0 Å². The Kier molecular flexibility index (Phi) is 6.69. The number of amides is 1. The molecular formula is C24H23FN4O5. The van der Waals surface area contributed by atoms with Crippen molar-refractivity contribution in [2.75, 3.05) is 32.2 Å². The second-order valence-corrected chi connectivity index (χ2v) is 7.90. The molecule has 0 N–H and O–H groups in total. The second kappa shape index (κ2) is 9.84. The monoisotopic (exact) mass is 466 g/mol. The zero-order valence-corrected chi connectivity index (χ0v) is 18.7. The minimum absolute atomic E-state index is 0.0198. The Bertz CT molecular complexity index is 1200. The molecule has 1 amide bonds. The third kappa shape index (κ3) is 4.96. The average molecular weight is 466 g/mol. The van der Waals surface area contributed by atoms with Crippen LogP contribution in [0.15, 0.2) is 60.8 Å². The summed E-state index contributed by atoms with van der Waals surface area (Å²) in [6, 6.07) is 14.3. The highest BCUT2D eigenvalue weighted by molar-refractivity contribution is 5.78. The Morgan fingerprint density at radius 1 is 1.26 bits per heavy atom. The van der Waals surface area contributed by atoms with E-state index >= 15 is 0 Å². The zero-order chi connectivity index (χ0) is 24.2. The fourth-order valence-corrected chi connectivity index (χ4v) is 3.68. The number of likely N-dealkylation sites (N-methyl/N-ethyl adjacent to an activating group) is 1. The highest BCUT2D eigenvalue weighted by Gasteiger charge is 2.25. The van der Waals surface area contributed by atoms with Gasteiger partial charge in [-0.3, -0.25) is 14.9 Å². The van der Waals surface area contributed by atoms with E-state index in [9.17, 15) is 19.3 Å². The lowest BCUT2D eigenvalue weighted by molar-refractivity contribution is -0.384. The van der Waals surface area contributed by atoms with Gasteiger partial charge in [-0.1, -0.05) is 12.1 Å². The maximum absolute atomic E-state index is 14.8. The van der Waals surface area contributed by atoms with E-state index in [-0.39, 0.29) is 35.8 Å². The lowest BCUT2D eigenvalue weighted by Gasteiger charge is -2.32. The number of benzene rings is 2. The molecule has 1 atom stereocenters. The summed E-state index contributed by atoms with van der Waals surface area (Å²) in [6.07, 6.45) is 2.07. The summed E-state index contributed by atoms with van der Waals surface area (Å²) in [6.45, 7) is 0.590. The summed E-state index contributed by atoms with van der Waals surface area (Å²) in [7, 11) is 3.34. The Morgan fingerprint density at radius 2 is 2.03 bits per heavy atom. The van der Waals surface area contributed by atoms with E-state index < -0.39 is 10.7 Å². The number of carbonyl (C=O) groups excluding carboxylic acids is 1. The Balaban J connectivity index is 1.45. The molecule has 10 heteroatoms. The molecule has 176 valence electrons. The number of nitro groups is 1. The first kappa shape index (κ1) is 23.1. The normalized spacial score (nSPS) is 15.8. The molecule has 9 nitrogen and oxygen atoms in total. The minimum atomic E-state index is -0.619. The fraction of sp³-hybridized carbons (Fsp3) is 0.250. The number of halogens is 1. The highest BCUT2D eigenvalue weighted by atomic mass is 19.1. The van der Waals surface area contributed by atoms with Gasteiger partial charge in [-0.05, 0) is 42.3 Å². The van der Waals surface area contributed by atoms with Crippen molar-refractivity contribution in [3.63, 3.8) is 0 Å². The number of pyridine rings is 1. The first-order valence-electron chi connectivity index (χ1n) is 10.6. The average Bonchev–Trinajstić information content (AvgIpc) is 2.84. The summed E-state index contributed by atoms with van der Waals surface area (Å²) in [5, 5.41) is 11.3. The van der Waals surface area contributed by atoms with Crippen LogP contribution in [-0.2, 0) is 16.0 Å². The number of nitrogens with zero attached hydrogens (tertiary/aromatic N) is 4. The van der Waals surface area contributed by atoms with Crippen LogP contribution < -0.4 is 9.64 Å². The molecule has 1 unspecified atom stereocenters. The van der Waals surface area contributed by atoms with E-state index in [2.05, 4.69) is 4.98 Å². The molecule has 1 fully saturated rings. The van der Waals surface area contributed by atoms with Crippen molar-refractivity contribution < 1.29 is 23.6 Å². The number of carbonyl (C=O) groups is 1. The van der Waals surface area contributed by atoms with Gasteiger partial charge in [0.25, 0.3) is 0 Å². The van der Waals surface area contributed by atoms with E-state index in [1.54, 1.807) is 37.2 Å². The van der Waals surface area contributed by atoms with Crippen molar-refractivity contribution in [1.82, 2.24) is 9.88 Å². The molecule has 0 saturated carbocycles.